The van der Waals surface area contributed by atoms with Crippen molar-refractivity contribution in [2.75, 3.05) is 6.54 Å². The number of aromatic nitrogens is 1. The Morgan fingerprint density at radius 2 is 2.09 bits per heavy atom. The van der Waals surface area contributed by atoms with Crippen LogP contribution in [-0.2, 0) is 10.0 Å². The van der Waals surface area contributed by atoms with Crippen LogP contribution in [0.4, 0.5) is 0 Å². The van der Waals surface area contributed by atoms with E-state index in [0.29, 0.717) is 5.52 Å². The average molecular weight is 320 g/mol. The third-order valence-corrected chi connectivity index (χ3v) is 5.72. The van der Waals surface area contributed by atoms with Crippen molar-refractivity contribution < 1.29 is 13.5 Å². The molecular formula is C16H20N2O3S. The molecule has 1 aromatic carbocycles. The number of aryl methyl sites for hydroxylation is 1. The predicted molar refractivity (Wildman–Crippen MR) is 85.0 cm³/mol. The largest absolute Gasteiger partial charge is 0.393 e. The molecular weight excluding hydrogens is 300 g/mol. The lowest BCUT2D eigenvalue weighted by Crippen LogP contribution is -2.32. The maximum Gasteiger partial charge on any atom is 0.242 e. The fraction of sp³-hybridized carbons (Fsp3) is 0.438. The molecule has 1 saturated carbocycles. The Morgan fingerprint density at radius 1 is 1.27 bits per heavy atom. The summed E-state index contributed by atoms with van der Waals surface area (Å²) in [7, 11) is -3.64. The first-order valence-corrected chi connectivity index (χ1v) is 9.00. The van der Waals surface area contributed by atoms with Gasteiger partial charge in [0.15, 0.2) is 0 Å². The highest BCUT2D eigenvalue weighted by Gasteiger charge is 2.27. The van der Waals surface area contributed by atoms with E-state index in [1.165, 1.54) is 0 Å². The van der Waals surface area contributed by atoms with Crippen LogP contribution in [0, 0.1) is 12.8 Å². The molecule has 0 aliphatic heterocycles. The third-order valence-electron chi connectivity index (χ3n) is 4.27. The number of nitrogens with one attached hydrogen (secondary N) is 1. The monoisotopic (exact) mass is 320 g/mol. The standard InChI is InChI=1S/C16H20N2O3S/c1-11-8-9-12-4-3-7-15(16(12)18-11)22(20,21)17-10-13-5-2-6-14(13)19/h3-4,7-9,13-14,17,19H,2,5-6,10H2,1H3/t13-,14+/m0/s1. The smallest absolute Gasteiger partial charge is 0.242 e. The lowest BCUT2D eigenvalue weighted by molar-refractivity contribution is 0.134. The maximum atomic E-state index is 12.6. The van der Waals surface area contributed by atoms with Crippen molar-refractivity contribution in [3.8, 4) is 0 Å². The number of benzene rings is 1. The van der Waals surface area contributed by atoms with E-state index in [-0.39, 0.29) is 17.4 Å². The van der Waals surface area contributed by atoms with Gasteiger partial charge in [-0.3, -0.25) is 4.98 Å². The predicted octanol–water partition coefficient (Wildman–Crippen LogP) is 1.98. The zero-order valence-corrected chi connectivity index (χ0v) is 13.3. The summed E-state index contributed by atoms with van der Waals surface area (Å²) in [6, 6.07) is 8.88. The Morgan fingerprint density at radius 3 is 2.82 bits per heavy atom. The molecule has 1 heterocycles. The Bertz CT molecular complexity index is 789. The molecule has 0 radical (unpaired) electrons. The Kier molecular flexibility index (Phi) is 4.16. The first-order valence-electron chi connectivity index (χ1n) is 7.51. The van der Waals surface area contributed by atoms with E-state index >= 15 is 0 Å². The number of hydrogen-bond acceptors (Lipinski definition) is 4. The molecule has 0 spiro atoms. The number of sulfonamides is 1. The quantitative estimate of drug-likeness (QED) is 0.903. The van der Waals surface area contributed by atoms with Gasteiger partial charge in [-0.1, -0.05) is 24.6 Å². The van der Waals surface area contributed by atoms with Crippen molar-refractivity contribution in [3.63, 3.8) is 0 Å². The molecule has 3 rings (SSSR count). The van der Waals surface area contributed by atoms with Crippen LogP contribution in [-0.4, -0.2) is 31.2 Å². The number of para-hydroxylation sites is 1. The van der Waals surface area contributed by atoms with Crippen LogP contribution in [0.2, 0.25) is 0 Å². The zero-order chi connectivity index (χ0) is 15.7. The van der Waals surface area contributed by atoms with Gasteiger partial charge in [0.25, 0.3) is 0 Å². The minimum absolute atomic E-state index is 0.000512. The van der Waals surface area contributed by atoms with E-state index in [0.717, 1.165) is 30.3 Å². The van der Waals surface area contributed by atoms with Gasteiger partial charge < -0.3 is 5.11 Å². The van der Waals surface area contributed by atoms with Crippen LogP contribution in [0.1, 0.15) is 25.0 Å². The van der Waals surface area contributed by atoms with Crippen LogP contribution in [0.15, 0.2) is 35.2 Å². The van der Waals surface area contributed by atoms with Gasteiger partial charge in [0.05, 0.1) is 11.6 Å². The summed E-state index contributed by atoms with van der Waals surface area (Å²) in [5.41, 5.74) is 1.27. The molecule has 118 valence electrons. The van der Waals surface area contributed by atoms with Crippen molar-refractivity contribution in [1.29, 1.82) is 0 Å². The molecule has 5 nitrogen and oxygen atoms in total. The highest BCUT2D eigenvalue weighted by molar-refractivity contribution is 7.89. The number of aliphatic hydroxyl groups is 1. The third kappa shape index (κ3) is 2.99. The normalized spacial score (nSPS) is 22.3. The second-order valence-electron chi connectivity index (χ2n) is 5.89. The van der Waals surface area contributed by atoms with E-state index < -0.39 is 16.1 Å². The molecule has 1 aromatic heterocycles. The molecule has 1 aliphatic rings. The van der Waals surface area contributed by atoms with E-state index in [1.807, 2.05) is 25.1 Å². The molecule has 1 aliphatic carbocycles. The summed E-state index contributed by atoms with van der Waals surface area (Å²) in [6.45, 7) is 2.11. The Labute approximate surface area is 130 Å². The van der Waals surface area contributed by atoms with Crippen molar-refractivity contribution in [2.45, 2.75) is 37.2 Å². The lowest BCUT2D eigenvalue weighted by atomic mass is 10.1. The van der Waals surface area contributed by atoms with Gasteiger partial charge in [0, 0.05) is 17.6 Å². The fourth-order valence-electron chi connectivity index (χ4n) is 2.98. The van der Waals surface area contributed by atoms with Crippen molar-refractivity contribution in [1.82, 2.24) is 9.71 Å². The lowest BCUT2D eigenvalue weighted by Gasteiger charge is -2.16. The summed E-state index contributed by atoms with van der Waals surface area (Å²) in [5.74, 6) is -0.000512. The van der Waals surface area contributed by atoms with Gasteiger partial charge in [0.2, 0.25) is 10.0 Å². The van der Waals surface area contributed by atoms with Gasteiger partial charge >= 0.3 is 0 Å². The molecule has 1 fully saturated rings. The Balaban J connectivity index is 1.90. The van der Waals surface area contributed by atoms with Crippen LogP contribution in [0.3, 0.4) is 0 Å². The highest BCUT2D eigenvalue weighted by atomic mass is 32.2. The average Bonchev–Trinajstić information content (AvgIpc) is 2.90. The van der Waals surface area contributed by atoms with E-state index in [2.05, 4.69) is 9.71 Å². The molecule has 22 heavy (non-hydrogen) atoms. The summed E-state index contributed by atoms with van der Waals surface area (Å²) in [5, 5.41) is 10.6. The number of nitrogens with zero attached hydrogens (tertiary/aromatic N) is 1. The SMILES string of the molecule is Cc1ccc2cccc(S(=O)(=O)NC[C@@H]3CCC[C@H]3O)c2n1. The van der Waals surface area contributed by atoms with Crippen LogP contribution < -0.4 is 4.72 Å². The molecule has 6 heteroatoms. The van der Waals surface area contributed by atoms with Crippen molar-refractivity contribution >= 4 is 20.9 Å². The summed E-state index contributed by atoms with van der Waals surface area (Å²) < 4.78 is 27.8. The van der Waals surface area contributed by atoms with E-state index in [1.54, 1.807) is 12.1 Å². The number of hydrogen-bond donors (Lipinski definition) is 2. The molecule has 2 aromatic rings. The second kappa shape index (κ2) is 5.95. The first-order chi connectivity index (χ1) is 10.5. The van der Waals surface area contributed by atoms with Crippen LogP contribution in [0.5, 0.6) is 0 Å². The number of aliphatic hydroxyl groups excluding tert-OH is 1. The van der Waals surface area contributed by atoms with Crippen LogP contribution >= 0.6 is 0 Å². The number of pyridine rings is 1. The topological polar surface area (TPSA) is 79.3 Å². The van der Waals surface area contributed by atoms with Gasteiger partial charge in [0.1, 0.15) is 4.90 Å². The van der Waals surface area contributed by atoms with Gasteiger partial charge in [-0.25, -0.2) is 13.1 Å². The fourth-order valence-corrected chi connectivity index (χ4v) is 4.25. The van der Waals surface area contributed by atoms with Crippen LogP contribution in [0.25, 0.3) is 10.9 Å². The molecule has 2 atom stereocenters. The molecule has 2 N–H and O–H groups in total. The minimum Gasteiger partial charge on any atom is -0.393 e. The van der Waals surface area contributed by atoms with E-state index in [4.69, 9.17) is 0 Å². The van der Waals surface area contributed by atoms with Gasteiger partial charge in [-0.15, -0.1) is 0 Å². The minimum atomic E-state index is -3.64. The van der Waals surface area contributed by atoms with Gasteiger partial charge in [-0.05, 0) is 37.8 Å². The van der Waals surface area contributed by atoms with E-state index in [9.17, 15) is 13.5 Å². The second-order valence-corrected chi connectivity index (χ2v) is 7.63. The molecule has 0 saturated heterocycles. The number of fused-ring (bicyclic) bond motifs is 1. The zero-order valence-electron chi connectivity index (χ0n) is 12.5. The maximum absolute atomic E-state index is 12.6. The highest BCUT2D eigenvalue weighted by Crippen LogP contribution is 2.26. The summed E-state index contributed by atoms with van der Waals surface area (Å²) in [4.78, 5) is 4.56. The molecule has 0 bridgehead atoms. The Hall–Kier alpha value is -1.50. The number of rotatable bonds is 4. The van der Waals surface area contributed by atoms with Crippen molar-refractivity contribution in [3.05, 3.63) is 36.0 Å². The van der Waals surface area contributed by atoms with Crippen molar-refractivity contribution in [2.24, 2.45) is 5.92 Å². The molecule has 0 amide bonds. The summed E-state index contributed by atoms with van der Waals surface area (Å²) in [6.07, 6.45) is 2.15. The summed E-state index contributed by atoms with van der Waals surface area (Å²) >= 11 is 0. The van der Waals surface area contributed by atoms with Gasteiger partial charge in [-0.2, -0.15) is 0 Å². The first kappa shape index (κ1) is 15.4. The molecule has 0 unspecified atom stereocenters.